The van der Waals surface area contributed by atoms with E-state index in [1.165, 1.54) is 11.1 Å². The van der Waals surface area contributed by atoms with E-state index in [-0.39, 0.29) is 24.3 Å². The number of ketones is 1. The zero-order valence-electron chi connectivity index (χ0n) is 21.4. The minimum absolute atomic E-state index is 0.163. The van der Waals surface area contributed by atoms with Gasteiger partial charge in [-0.2, -0.15) is 0 Å². The maximum absolute atomic E-state index is 13.2. The number of nitrogens with one attached hydrogen (secondary N) is 1. The Hall–Kier alpha value is -3.48. The molecule has 4 aromatic rings. The van der Waals surface area contributed by atoms with Gasteiger partial charge < -0.3 is 5.32 Å². The molecule has 0 atom stereocenters. The summed E-state index contributed by atoms with van der Waals surface area (Å²) in [7, 11) is 0. The molecule has 4 aromatic carbocycles. The number of amides is 1. The van der Waals surface area contributed by atoms with E-state index < -0.39 is 0 Å². The quantitative estimate of drug-likeness (QED) is 0.249. The van der Waals surface area contributed by atoms with Crippen molar-refractivity contribution >= 4 is 40.6 Å². The molecule has 5 nitrogen and oxygen atoms in total. The van der Waals surface area contributed by atoms with Gasteiger partial charge in [0, 0.05) is 42.3 Å². The Morgan fingerprint density at radius 2 is 1.31 bits per heavy atom. The van der Waals surface area contributed by atoms with Crippen LogP contribution in [0.4, 0.5) is 5.69 Å². The monoisotopic (exact) mass is 557 g/mol. The summed E-state index contributed by atoms with van der Waals surface area (Å²) in [4.78, 5) is 30.9. The van der Waals surface area contributed by atoms with Gasteiger partial charge in [-0.25, -0.2) is 0 Å². The molecule has 0 saturated carbocycles. The Morgan fingerprint density at radius 3 is 1.92 bits per heavy atom. The van der Waals surface area contributed by atoms with E-state index in [2.05, 4.69) is 63.6 Å². The van der Waals surface area contributed by atoms with Crippen LogP contribution in [0.15, 0.2) is 103 Å². The van der Waals surface area contributed by atoms with Crippen molar-refractivity contribution < 1.29 is 9.59 Å². The number of nitrogens with zero attached hydrogens (tertiary/aromatic N) is 2. The summed E-state index contributed by atoms with van der Waals surface area (Å²) >= 11 is 12.5. The number of hydrogen-bond acceptors (Lipinski definition) is 4. The lowest BCUT2D eigenvalue weighted by molar-refractivity contribution is -0.117. The third kappa shape index (κ3) is 6.57. The summed E-state index contributed by atoms with van der Waals surface area (Å²) in [5.74, 6) is -0.471. The minimum Gasteiger partial charge on any atom is -0.324 e. The Labute approximate surface area is 239 Å². The summed E-state index contributed by atoms with van der Waals surface area (Å²) in [6.45, 7) is 3.42. The molecule has 1 amide bonds. The average molecular weight is 559 g/mol. The summed E-state index contributed by atoms with van der Waals surface area (Å²) in [6, 6.07) is 33.0. The SMILES string of the molecule is O=C(CN1CCN(C(c2ccccc2)c2ccccc2)CC1)Nc1ccc(Cl)cc1C(=O)c1ccccc1Cl. The van der Waals surface area contributed by atoms with Crippen LogP contribution < -0.4 is 5.32 Å². The molecule has 0 aromatic heterocycles. The Morgan fingerprint density at radius 1 is 0.718 bits per heavy atom. The van der Waals surface area contributed by atoms with E-state index in [0.717, 1.165) is 26.2 Å². The fourth-order valence-corrected chi connectivity index (χ4v) is 5.45. The number of carbonyl (C=O) groups excluding carboxylic acids is 2. The summed E-state index contributed by atoms with van der Waals surface area (Å²) in [6.07, 6.45) is 0. The van der Waals surface area contributed by atoms with Crippen LogP contribution in [0.25, 0.3) is 0 Å². The number of benzene rings is 4. The summed E-state index contributed by atoms with van der Waals surface area (Å²) in [5, 5.41) is 3.68. The van der Waals surface area contributed by atoms with Crippen molar-refractivity contribution in [1.82, 2.24) is 9.80 Å². The number of rotatable bonds is 8. The van der Waals surface area contributed by atoms with Gasteiger partial charge in [-0.15, -0.1) is 0 Å². The summed E-state index contributed by atoms with van der Waals surface area (Å²) < 4.78 is 0. The number of carbonyl (C=O) groups is 2. The van der Waals surface area contributed by atoms with Gasteiger partial charge in [-0.1, -0.05) is 96.0 Å². The molecule has 0 unspecified atom stereocenters. The van der Waals surface area contributed by atoms with Crippen LogP contribution in [0, 0.1) is 0 Å². The highest BCUT2D eigenvalue weighted by Crippen LogP contribution is 2.30. The lowest BCUT2D eigenvalue weighted by atomic mass is 9.96. The lowest BCUT2D eigenvalue weighted by Gasteiger charge is -2.39. The number of halogens is 2. The Balaban J connectivity index is 1.24. The molecule has 0 bridgehead atoms. The third-order valence-corrected chi connectivity index (χ3v) is 7.55. The first kappa shape index (κ1) is 27.1. The molecular formula is C32H29Cl2N3O2. The first-order valence-electron chi connectivity index (χ1n) is 12.9. The van der Waals surface area contributed by atoms with Crippen molar-refractivity contribution in [2.75, 3.05) is 38.0 Å². The average Bonchev–Trinajstić information content (AvgIpc) is 2.96. The first-order chi connectivity index (χ1) is 19.0. The zero-order valence-corrected chi connectivity index (χ0v) is 22.9. The smallest absolute Gasteiger partial charge is 0.238 e. The molecule has 1 aliphatic rings. The molecule has 198 valence electrons. The third-order valence-electron chi connectivity index (χ3n) is 6.99. The maximum atomic E-state index is 13.2. The predicted octanol–water partition coefficient (Wildman–Crippen LogP) is 6.57. The largest absolute Gasteiger partial charge is 0.324 e. The van der Waals surface area contributed by atoms with E-state index in [1.54, 1.807) is 42.5 Å². The number of piperazine rings is 1. The van der Waals surface area contributed by atoms with Gasteiger partial charge in [0.05, 0.1) is 23.3 Å². The maximum Gasteiger partial charge on any atom is 0.238 e. The molecule has 1 fully saturated rings. The van der Waals surface area contributed by atoms with Crippen LogP contribution in [0.5, 0.6) is 0 Å². The fraction of sp³-hybridized carbons (Fsp3) is 0.188. The molecule has 39 heavy (non-hydrogen) atoms. The van der Waals surface area contributed by atoms with Crippen LogP contribution in [0.2, 0.25) is 10.0 Å². The lowest BCUT2D eigenvalue weighted by Crippen LogP contribution is -2.49. The first-order valence-corrected chi connectivity index (χ1v) is 13.7. The zero-order chi connectivity index (χ0) is 27.2. The highest BCUT2D eigenvalue weighted by Gasteiger charge is 2.27. The molecule has 5 rings (SSSR count). The molecular weight excluding hydrogens is 529 g/mol. The van der Waals surface area contributed by atoms with E-state index in [4.69, 9.17) is 23.2 Å². The standard InChI is InChI=1S/C32H29Cl2N3O2/c33-25-15-16-29(27(21-25)32(39)26-13-7-8-14-28(26)34)35-30(38)22-36-17-19-37(20-18-36)31(23-9-3-1-4-10-23)24-11-5-2-6-12-24/h1-16,21,31H,17-20,22H2,(H,35,38). The van der Waals surface area contributed by atoms with Crippen molar-refractivity contribution in [1.29, 1.82) is 0 Å². The molecule has 0 radical (unpaired) electrons. The summed E-state index contributed by atoms with van der Waals surface area (Å²) in [5.41, 5.74) is 3.60. The normalized spacial score (nSPS) is 14.3. The highest BCUT2D eigenvalue weighted by molar-refractivity contribution is 6.36. The highest BCUT2D eigenvalue weighted by atomic mass is 35.5. The minimum atomic E-state index is -0.292. The predicted molar refractivity (Wildman–Crippen MR) is 158 cm³/mol. The van der Waals surface area contributed by atoms with Gasteiger partial charge in [-0.05, 0) is 41.5 Å². The van der Waals surface area contributed by atoms with Crippen molar-refractivity contribution in [2.24, 2.45) is 0 Å². The van der Waals surface area contributed by atoms with Crippen molar-refractivity contribution in [3.63, 3.8) is 0 Å². The van der Waals surface area contributed by atoms with Crippen LogP contribution in [-0.2, 0) is 4.79 Å². The van der Waals surface area contributed by atoms with Gasteiger partial charge in [-0.3, -0.25) is 19.4 Å². The van der Waals surface area contributed by atoms with Gasteiger partial charge >= 0.3 is 0 Å². The molecule has 1 N–H and O–H groups in total. The molecule has 0 spiro atoms. The van der Waals surface area contributed by atoms with Crippen molar-refractivity contribution in [2.45, 2.75) is 6.04 Å². The van der Waals surface area contributed by atoms with Crippen LogP contribution in [0.1, 0.15) is 33.1 Å². The van der Waals surface area contributed by atoms with E-state index in [0.29, 0.717) is 26.9 Å². The second-order valence-electron chi connectivity index (χ2n) is 9.58. The second-order valence-corrected chi connectivity index (χ2v) is 10.4. The molecule has 1 aliphatic heterocycles. The van der Waals surface area contributed by atoms with E-state index >= 15 is 0 Å². The topological polar surface area (TPSA) is 52.7 Å². The molecule has 1 heterocycles. The second kappa shape index (κ2) is 12.6. The molecule has 7 heteroatoms. The van der Waals surface area contributed by atoms with Crippen LogP contribution in [0.3, 0.4) is 0 Å². The molecule has 1 saturated heterocycles. The van der Waals surface area contributed by atoms with Crippen LogP contribution >= 0.6 is 23.2 Å². The van der Waals surface area contributed by atoms with E-state index in [1.807, 2.05) is 12.1 Å². The molecule has 0 aliphatic carbocycles. The number of hydrogen-bond donors (Lipinski definition) is 1. The van der Waals surface area contributed by atoms with Crippen molar-refractivity contribution in [3.05, 3.63) is 135 Å². The fourth-order valence-electron chi connectivity index (χ4n) is 5.06. The van der Waals surface area contributed by atoms with Gasteiger partial charge in [0.15, 0.2) is 5.78 Å². The Bertz CT molecular complexity index is 1400. The van der Waals surface area contributed by atoms with Gasteiger partial charge in [0.2, 0.25) is 5.91 Å². The van der Waals surface area contributed by atoms with Gasteiger partial charge in [0.25, 0.3) is 0 Å². The van der Waals surface area contributed by atoms with Gasteiger partial charge in [0.1, 0.15) is 0 Å². The number of anilines is 1. The van der Waals surface area contributed by atoms with Crippen molar-refractivity contribution in [3.8, 4) is 0 Å². The van der Waals surface area contributed by atoms with Crippen LogP contribution in [-0.4, -0.2) is 54.2 Å². The van der Waals surface area contributed by atoms with E-state index in [9.17, 15) is 9.59 Å². The Kier molecular flexibility index (Phi) is 8.74.